The molecule has 1 radical (unpaired) electrons. The van der Waals surface area contributed by atoms with E-state index in [1.807, 2.05) is 0 Å². The molecule has 0 saturated heterocycles. The van der Waals surface area contributed by atoms with Gasteiger partial charge in [0.15, 0.2) is 0 Å². The van der Waals surface area contributed by atoms with E-state index >= 15 is 0 Å². The molecule has 0 saturated carbocycles. The van der Waals surface area contributed by atoms with E-state index in [0.29, 0.717) is 5.82 Å². The maximum absolute atomic E-state index is 11.0. The number of nitrogens with zero attached hydrogens (tertiary/aromatic N) is 2. The molecule has 0 fully saturated rings. The lowest BCUT2D eigenvalue weighted by Crippen LogP contribution is -2.08. The fraction of sp³-hybridized carbons (Fsp3) is 0.286. The number of ether oxygens (including phenoxy) is 1. The summed E-state index contributed by atoms with van der Waals surface area (Å²) in [4.78, 5) is 14.8. The average Bonchev–Trinajstić information content (AvgIpc) is 2.36. The fourth-order valence-electron chi connectivity index (χ4n) is 0.722. The lowest BCUT2D eigenvalue weighted by atomic mass is 10.6. The lowest BCUT2D eigenvalue weighted by molar-refractivity contribution is 0.0594. The molecule has 4 heteroatoms. The zero-order valence-corrected chi connectivity index (χ0v) is 6.44. The van der Waals surface area contributed by atoms with Gasteiger partial charge in [-0.15, -0.1) is 0 Å². The Hall–Kier alpha value is -1.32. The van der Waals surface area contributed by atoms with Gasteiger partial charge in [-0.3, -0.25) is 0 Å². The molecule has 0 aliphatic rings. The van der Waals surface area contributed by atoms with Crippen molar-refractivity contribution in [2.45, 2.75) is 6.92 Å². The van der Waals surface area contributed by atoms with Crippen LogP contribution in [0, 0.1) is 6.61 Å². The quantitative estimate of drug-likeness (QED) is 0.589. The summed E-state index contributed by atoms with van der Waals surface area (Å²) in [6, 6.07) is 0. The molecular weight excluding hydrogens is 144 g/mol. The second kappa shape index (κ2) is 3.18. The number of aryl methyl sites for hydroxylation is 1. The Balaban J connectivity index is 2.76. The van der Waals surface area contributed by atoms with Crippen LogP contribution in [0.3, 0.4) is 0 Å². The van der Waals surface area contributed by atoms with Crippen LogP contribution in [0.1, 0.15) is 17.5 Å². The molecule has 1 heterocycles. The highest BCUT2D eigenvalue weighted by atomic mass is 16.5. The van der Waals surface area contributed by atoms with Crippen molar-refractivity contribution in [1.29, 1.82) is 0 Å². The van der Waals surface area contributed by atoms with Crippen LogP contribution in [0.15, 0.2) is 12.4 Å². The van der Waals surface area contributed by atoms with E-state index in [1.54, 1.807) is 30.9 Å². The van der Waals surface area contributed by atoms with E-state index < -0.39 is 5.97 Å². The van der Waals surface area contributed by atoms with Gasteiger partial charge in [0, 0.05) is 19.4 Å². The second-order valence-corrected chi connectivity index (χ2v) is 2.00. The largest absolute Gasteiger partial charge is 0.453 e. The lowest BCUT2D eigenvalue weighted by Gasteiger charge is -1.99. The molecule has 11 heavy (non-hydrogen) atoms. The Kier molecular flexibility index (Phi) is 2.25. The van der Waals surface area contributed by atoms with Gasteiger partial charge in [0.05, 0.1) is 0 Å². The molecule has 0 N–H and O–H groups in total. The van der Waals surface area contributed by atoms with Crippen molar-refractivity contribution >= 4 is 5.97 Å². The summed E-state index contributed by atoms with van der Waals surface area (Å²) in [5, 5.41) is 0. The van der Waals surface area contributed by atoms with Crippen LogP contribution in [-0.4, -0.2) is 15.5 Å². The minimum absolute atomic E-state index is 0.308. The molecular formula is C7H9N2O2. The third-order valence-corrected chi connectivity index (χ3v) is 1.23. The van der Waals surface area contributed by atoms with Gasteiger partial charge in [0.2, 0.25) is 5.82 Å². The van der Waals surface area contributed by atoms with Crippen molar-refractivity contribution in [3.05, 3.63) is 24.8 Å². The maximum Gasteiger partial charge on any atom is 0.374 e. The number of esters is 1. The topological polar surface area (TPSA) is 44.1 Å². The molecule has 0 aromatic carbocycles. The predicted molar refractivity (Wildman–Crippen MR) is 38.6 cm³/mol. The Morgan fingerprint density at radius 3 is 3.00 bits per heavy atom. The van der Waals surface area contributed by atoms with E-state index in [9.17, 15) is 4.79 Å². The molecule has 1 aromatic heterocycles. The molecule has 0 atom stereocenters. The minimum atomic E-state index is -0.431. The number of carbonyl (C=O) groups excluding carboxylic acids is 1. The molecule has 0 bridgehead atoms. The highest BCUT2D eigenvalue weighted by molar-refractivity contribution is 5.85. The van der Waals surface area contributed by atoms with E-state index in [2.05, 4.69) is 9.72 Å². The summed E-state index contributed by atoms with van der Waals surface area (Å²) in [5.41, 5.74) is 0. The molecule has 0 amide bonds. The maximum atomic E-state index is 11.0. The first-order valence-electron chi connectivity index (χ1n) is 3.22. The van der Waals surface area contributed by atoms with E-state index in [-0.39, 0.29) is 0 Å². The van der Waals surface area contributed by atoms with Gasteiger partial charge in [-0.1, -0.05) is 0 Å². The van der Waals surface area contributed by atoms with Crippen molar-refractivity contribution in [2.75, 3.05) is 0 Å². The van der Waals surface area contributed by atoms with Crippen molar-refractivity contribution < 1.29 is 9.53 Å². The molecule has 0 unspecified atom stereocenters. The molecule has 4 nitrogen and oxygen atoms in total. The Morgan fingerprint density at radius 2 is 2.55 bits per heavy atom. The number of carbonyl (C=O) groups is 1. The van der Waals surface area contributed by atoms with E-state index in [0.717, 1.165) is 0 Å². The SMILES string of the molecule is C[CH]OC(=O)c1nccn1C. The van der Waals surface area contributed by atoms with Crippen LogP contribution in [0.5, 0.6) is 0 Å². The van der Waals surface area contributed by atoms with Crippen molar-refractivity contribution in [2.24, 2.45) is 7.05 Å². The monoisotopic (exact) mass is 153 g/mol. The number of aromatic nitrogens is 2. The van der Waals surface area contributed by atoms with Crippen LogP contribution >= 0.6 is 0 Å². The van der Waals surface area contributed by atoms with Crippen LogP contribution < -0.4 is 0 Å². The molecule has 59 valence electrons. The fourth-order valence-corrected chi connectivity index (χ4v) is 0.722. The zero-order chi connectivity index (χ0) is 8.27. The average molecular weight is 153 g/mol. The third kappa shape index (κ3) is 1.58. The minimum Gasteiger partial charge on any atom is -0.453 e. The first-order chi connectivity index (χ1) is 5.25. The standard InChI is InChI=1S/C7H9N2O2/c1-3-11-7(10)6-8-4-5-9(6)2/h3-5H,1-2H3. The molecule has 1 rings (SSSR count). The number of hydrogen-bond donors (Lipinski definition) is 0. The van der Waals surface area contributed by atoms with Gasteiger partial charge in [0.25, 0.3) is 0 Å². The Bertz CT molecular complexity index is 255. The number of hydrogen-bond acceptors (Lipinski definition) is 3. The van der Waals surface area contributed by atoms with Crippen LogP contribution in [-0.2, 0) is 11.8 Å². The predicted octanol–water partition coefficient (Wildman–Crippen LogP) is 0.759. The van der Waals surface area contributed by atoms with Gasteiger partial charge in [-0.05, 0) is 6.92 Å². The summed E-state index contributed by atoms with van der Waals surface area (Å²) < 4.78 is 6.22. The summed E-state index contributed by atoms with van der Waals surface area (Å²) in [5.74, 6) is -0.122. The smallest absolute Gasteiger partial charge is 0.374 e. The Morgan fingerprint density at radius 1 is 1.82 bits per heavy atom. The number of imidazole rings is 1. The van der Waals surface area contributed by atoms with Gasteiger partial charge >= 0.3 is 5.97 Å². The summed E-state index contributed by atoms with van der Waals surface area (Å²) >= 11 is 0. The molecule has 1 aromatic rings. The van der Waals surface area contributed by atoms with Crippen LogP contribution in [0.2, 0.25) is 0 Å². The van der Waals surface area contributed by atoms with Crippen LogP contribution in [0.25, 0.3) is 0 Å². The first-order valence-corrected chi connectivity index (χ1v) is 3.22. The summed E-state index contributed by atoms with van der Waals surface area (Å²) in [6.07, 6.45) is 3.23. The van der Waals surface area contributed by atoms with Crippen LogP contribution in [0.4, 0.5) is 0 Å². The normalized spacial score (nSPS) is 9.64. The van der Waals surface area contributed by atoms with Crippen molar-refractivity contribution in [3.8, 4) is 0 Å². The highest BCUT2D eigenvalue weighted by Gasteiger charge is 2.10. The van der Waals surface area contributed by atoms with E-state index in [4.69, 9.17) is 0 Å². The van der Waals surface area contributed by atoms with Gasteiger partial charge in [-0.2, -0.15) is 0 Å². The molecule has 0 aliphatic carbocycles. The highest BCUT2D eigenvalue weighted by Crippen LogP contribution is 1.97. The summed E-state index contributed by atoms with van der Waals surface area (Å²) in [6.45, 7) is 2.97. The van der Waals surface area contributed by atoms with Crippen molar-refractivity contribution in [1.82, 2.24) is 9.55 Å². The van der Waals surface area contributed by atoms with Gasteiger partial charge in [0.1, 0.15) is 6.61 Å². The zero-order valence-electron chi connectivity index (χ0n) is 6.44. The third-order valence-electron chi connectivity index (χ3n) is 1.23. The Labute approximate surface area is 64.8 Å². The van der Waals surface area contributed by atoms with E-state index in [1.165, 1.54) is 6.61 Å². The molecule has 0 aliphatic heterocycles. The summed E-state index contributed by atoms with van der Waals surface area (Å²) in [7, 11) is 1.74. The van der Waals surface area contributed by atoms with Gasteiger partial charge < -0.3 is 9.30 Å². The second-order valence-electron chi connectivity index (χ2n) is 2.00. The van der Waals surface area contributed by atoms with Crippen molar-refractivity contribution in [3.63, 3.8) is 0 Å². The first kappa shape index (κ1) is 7.78. The number of rotatable bonds is 2. The van der Waals surface area contributed by atoms with Gasteiger partial charge in [-0.25, -0.2) is 9.78 Å². The molecule has 0 spiro atoms.